The molecule has 0 bridgehead atoms. The van der Waals surface area contributed by atoms with Gasteiger partial charge in [0.05, 0.1) is 35.4 Å². The Hall–Kier alpha value is -6.56. The molecule has 0 N–H and O–H groups in total. The summed E-state index contributed by atoms with van der Waals surface area (Å²) in [4.78, 5) is 68.4. The zero-order valence-electron chi connectivity index (χ0n) is 35.0. The first kappa shape index (κ1) is 39.1. The van der Waals surface area contributed by atoms with Gasteiger partial charge in [-0.15, -0.1) is 22.7 Å². The van der Waals surface area contributed by atoms with Crippen LogP contribution in [0.5, 0.6) is 0 Å². The van der Waals surface area contributed by atoms with Crippen LogP contribution in [0.1, 0.15) is 181 Å². The van der Waals surface area contributed by atoms with Gasteiger partial charge in [-0.25, -0.2) is 0 Å². The number of carbonyl (C=O) groups is 4. The Morgan fingerprint density at radius 1 is 0.500 bits per heavy atom. The molecule has 2 heterocycles. The third-order valence-electron chi connectivity index (χ3n) is 16.1. The van der Waals surface area contributed by atoms with E-state index in [9.17, 15) is 29.7 Å². The molecule has 4 aromatic rings. The van der Waals surface area contributed by atoms with Crippen molar-refractivity contribution in [2.45, 2.75) is 113 Å². The molecule has 64 heavy (non-hydrogen) atoms. The molecular formula is C54H38N4O4S2. The molecule has 3 fully saturated rings. The molecule has 0 atom stereocenters. The lowest BCUT2D eigenvalue weighted by atomic mass is 9.58. The number of hydrogen-bond donors (Lipinski definition) is 0. The summed E-state index contributed by atoms with van der Waals surface area (Å²) in [5.41, 5.74) is 8.21. The zero-order chi connectivity index (χ0) is 43.9. The van der Waals surface area contributed by atoms with Gasteiger partial charge in [0.25, 0.3) is 0 Å². The van der Waals surface area contributed by atoms with E-state index in [-0.39, 0.29) is 83.7 Å². The van der Waals surface area contributed by atoms with Crippen LogP contribution >= 0.6 is 22.7 Å². The highest BCUT2D eigenvalue weighted by molar-refractivity contribution is 7.23. The van der Waals surface area contributed by atoms with Crippen molar-refractivity contribution in [1.29, 1.82) is 10.5 Å². The molecule has 2 aromatic heterocycles. The average Bonchev–Trinajstić information content (AvgIpc) is 4.16. The highest BCUT2D eigenvalue weighted by Crippen LogP contribution is 2.71. The smallest absolute Gasteiger partial charge is 0.197 e. The fraction of sp³-hybridized carbons (Fsp3) is 0.333. The number of carbonyl (C=O) groups excluding carboxylic acids is 4. The summed E-state index contributed by atoms with van der Waals surface area (Å²) in [5, 5.41) is 19.4. The molecule has 8 aliphatic carbocycles. The van der Waals surface area contributed by atoms with Crippen molar-refractivity contribution in [2.75, 3.05) is 0 Å². The van der Waals surface area contributed by atoms with E-state index >= 15 is 0 Å². The van der Waals surface area contributed by atoms with Crippen LogP contribution in [0.4, 0.5) is 11.4 Å². The number of hydrogen-bond acceptors (Lipinski definition) is 8. The van der Waals surface area contributed by atoms with E-state index in [0.717, 1.165) is 101 Å². The lowest BCUT2D eigenvalue weighted by Gasteiger charge is -2.44. The summed E-state index contributed by atoms with van der Waals surface area (Å²) in [6.07, 6.45) is 23.9. The topological polar surface area (TPSA) is 125 Å². The molecule has 310 valence electrons. The van der Waals surface area contributed by atoms with E-state index in [4.69, 9.17) is 13.1 Å². The van der Waals surface area contributed by atoms with E-state index in [1.54, 1.807) is 0 Å². The first-order chi connectivity index (χ1) is 31.1. The number of nitriles is 2. The van der Waals surface area contributed by atoms with Gasteiger partial charge in [0, 0.05) is 58.0 Å². The van der Waals surface area contributed by atoms with E-state index in [2.05, 4.69) is 21.8 Å². The van der Waals surface area contributed by atoms with E-state index in [1.165, 1.54) is 72.4 Å². The van der Waals surface area contributed by atoms with Gasteiger partial charge < -0.3 is 0 Å². The van der Waals surface area contributed by atoms with Crippen LogP contribution in [0, 0.1) is 35.8 Å². The van der Waals surface area contributed by atoms with Crippen molar-refractivity contribution in [3.8, 4) is 21.9 Å². The molecule has 3 saturated carbocycles. The maximum absolute atomic E-state index is 14.1. The number of allylic oxidation sites excluding steroid dienone is 6. The minimum atomic E-state index is -0.392. The largest absolute Gasteiger partial charge is 0.288 e. The van der Waals surface area contributed by atoms with Crippen molar-refractivity contribution < 1.29 is 19.2 Å². The highest BCUT2D eigenvalue weighted by atomic mass is 32.1. The molecule has 0 unspecified atom stereocenters. The molecule has 2 aromatic carbocycles. The molecular weight excluding hydrogens is 833 g/mol. The number of ketones is 4. The predicted octanol–water partition coefficient (Wildman–Crippen LogP) is 13.1. The fourth-order valence-corrected chi connectivity index (χ4v) is 16.4. The summed E-state index contributed by atoms with van der Waals surface area (Å²) in [7, 11) is 0. The lowest BCUT2D eigenvalue weighted by molar-refractivity contribution is 0.0973. The van der Waals surface area contributed by atoms with Gasteiger partial charge in [0.2, 0.25) is 0 Å². The fourth-order valence-electron chi connectivity index (χ4n) is 13.3. The second kappa shape index (κ2) is 13.7. The molecule has 8 aliphatic rings. The Balaban J connectivity index is 1.00. The Kier molecular flexibility index (Phi) is 8.37. The molecule has 3 spiro atoms. The van der Waals surface area contributed by atoms with Crippen molar-refractivity contribution in [2.24, 2.45) is 0 Å². The number of benzene rings is 2. The number of nitrogens with zero attached hydrogens (tertiary/aromatic N) is 4. The molecule has 0 amide bonds. The van der Waals surface area contributed by atoms with Crippen LogP contribution in [0.15, 0.2) is 58.7 Å². The average molecular weight is 871 g/mol. The first-order valence-corrected chi connectivity index (χ1v) is 24.1. The summed E-state index contributed by atoms with van der Waals surface area (Å²) in [5.74, 6) is -1.54. The number of fused-ring (bicyclic) bond motifs is 13. The van der Waals surface area contributed by atoms with Crippen LogP contribution in [0.25, 0.3) is 31.6 Å². The van der Waals surface area contributed by atoms with Gasteiger partial charge in [0.15, 0.2) is 34.5 Å². The van der Waals surface area contributed by atoms with E-state index in [1.807, 2.05) is 47.0 Å². The lowest BCUT2D eigenvalue weighted by Crippen LogP contribution is -2.37. The van der Waals surface area contributed by atoms with Crippen LogP contribution in [-0.4, -0.2) is 23.1 Å². The molecule has 0 aliphatic heterocycles. The van der Waals surface area contributed by atoms with Crippen molar-refractivity contribution >= 4 is 69.3 Å². The standard InChI is InChI=1S/C54H38N4O4S2/c1-57-38-24-34-35(25-39(38)58-2)49(62)37(48(34)61)21-31-23-41-43(53(31)14-8-4-9-15-53)45-51(64-41)50-44(54(45)16-10-5-11-17-54)42-40(63-50)22-30(52(42)12-6-3-7-13-52)20-36-46(59)32-18-28(26-55)29(27-56)19-33(32)47(36)60/h18-25H,3-17H2. The normalized spacial score (nSPS) is 21.1. The predicted molar refractivity (Wildman–Crippen MR) is 245 cm³/mol. The van der Waals surface area contributed by atoms with Crippen molar-refractivity contribution in [1.82, 2.24) is 0 Å². The Labute approximate surface area is 378 Å². The van der Waals surface area contributed by atoms with Crippen molar-refractivity contribution in [3.05, 3.63) is 147 Å². The van der Waals surface area contributed by atoms with E-state index < -0.39 is 11.6 Å². The summed E-state index contributed by atoms with van der Waals surface area (Å²) in [6.45, 7) is 15.2. The first-order valence-electron chi connectivity index (χ1n) is 22.5. The third kappa shape index (κ3) is 4.88. The highest BCUT2D eigenvalue weighted by Gasteiger charge is 2.58. The van der Waals surface area contributed by atoms with Crippen LogP contribution < -0.4 is 0 Å². The minimum Gasteiger partial charge on any atom is -0.288 e. The number of Topliss-reactive ketones (excluding diaryl/α,β-unsaturated/α-hetero) is 4. The van der Waals surface area contributed by atoms with Gasteiger partial charge in [-0.1, -0.05) is 69.9 Å². The van der Waals surface area contributed by atoms with Gasteiger partial charge in [-0.3, -0.25) is 28.9 Å². The monoisotopic (exact) mass is 870 g/mol. The summed E-state index contributed by atoms with van der Waals surface area (Å²) in [6, 6.07) is 9.66. The van der Waals surface area contributed by atoms with Crippen LogP contribution in [-0.2, 0) is 16.2 Å². The SMILES string of the molecule is [C-]#[N+]c1cc2c(cc1[N+]#[C-])C(=O)C(=CC1=Cc3sc4c(c3C13CCCCC3)C1(CCCCC1)c1c-4sc3c1C1(CCCCC1)C(C=C1C(=O)c4cc(C#N)c(C#N)cc4C1=O)=C3)C2=O. The van der Waals surface area contributed by atoms with Crippen LogP contribution in [0.2, 0.25) is 0 Å². The molecule has 8 nitrogen and oxygen atoms in total. The summed E-state index contributed by atoms with van der Waals surface area (Å²) >= 11 is 3.73. The van der Waals surface area contributed by atoms with Gasteiger partial charge in [0.1, 0.15) is 12.1 Å². The Morgan fingerprint density at radius 3 is 1.19 bits per heavy atom. The molecule has 12 rings (SSSR count). The summed E-state index contributed by atoms with van der Waals surface area (Å²) < 4.78 is 0. The maximum atomic E-state index is 14.1. The van der Waals surface area contributed by atoms with Gasteiger partial charge >= 0.3 is 0 Å². The molecule has 0 radical (unpaired) electrons. The van der Waals surface area contributed by atoms with Crippen LogP contribution in [0.3, 0.4) is 0 Å². The second-order valence-electron chi connectivity index (χ2n) is 18.9. The molecule has 10 heteroatoms. The van der Waals surface area contributed by atoms with Gasteiger partial charge in [-0.2, -0.15) is 10.5 Å². The van der Waals surface area contributed by atoms with Gasteiger partial charge in [-0.05, 0) is 108 Å². The second-order valence-corrected chi connectivity index (χ2v) is 21.0. The van der Waals surface area contributed by atoms with Crippen molar-refractivity contribution in [3.63, 3.8) is 0 Å². The third-order valence-corrected chi connectivity index (χ3v) is 18.5. The van der Waals surface area contributed by atoms with E-state index in [0.29, 0.717) is 0 Å². The number of thiophene rings is 2. The quantitative estimate of drug-likeness (QED) is 0.112. The minimum absolute atomic E-state index is 0.0831. The molecule has 0 saturated heterocycles. The number of rotatable bonds is 2. The maximum Gasteiger partial charge on any atom is 0.197 e. The Morgan fingerprint density at radius 2 is 0.844 bits per heavy atom. The zero-order valence-corrected chi connectivity index (χ0v) is 36.6. The Bertz CT molecular complexity index is 2960.